The van der Waals surface area contributed by atoms with Crippen LogP contribution in [0.3, 0.4) is 0 Å². The van der Waals surface area contributed by atoms with Crippen LogP contribution in [0, 0.1) is 11.3 Å². The Morgan fingerprint density at radius 2 is 1.78 bits per heavy atom. The van der Waals surface area contributed by atoms with E-state index in [2.05, 4.69) is 10.3 Å². The SMILES string of the molecule is N=Cc1c(Nc2ccccc2)ncn(CC2(O)CCN(C(=O)[C@H](CN)Cc3ccccc3)CC2)c1=O. The van der Waals surface area contributed by atoms with Gasteiger partial charge in [0.1, 0.15) is 11.4 Å². The number of piperidine rings is 1. The number of hydrogen-bond donors (Lipinski definition) is 4. The average Bonchev–Trinajstić information content (AvgIpc) is 2.90. The summed E-state index contributed by atoms with van der Waals surface area (Å²) in [7, 11) is 0. The van der Waals surface area contributed by atoms with Crippen molar-refractivity contribution in [3.05, 3.63) is 88.5 Å². The average molecular weight is 489 g/mol. The van der Waals surface area contributed by atoms with E-state index >= 15 is 0 Å². The molecule has 9 heteroatoms. The molecule has 1 aromatic heterocycles. The smallest absolute Gasteiger partial charge is 0.264 e. The molecule has 188 valence electrons. The molecule has 0 spiro atoms. The molecule has 36 heavy (non-hydrogen) atoms. The lowest BCUT2D eigenvalue weighted by Gasteiger charge is -2.39. The summed E-state index contributed by atoms with van der Waals surface area (Å²) in [6.45, 7) is 1.06. The van der Waals surface area contributed by atoms with E-state index in [-0.39, 0.29) is 36.3 Å². The Balaban J connectivity index is 1.41. The molecular formula is C27H32N6O3. The number of carbonyl (C=O) groups is 1. The number of nitrogens with two attached hydrogens (primary N) is 1. The zero-order chi connectivity index (χ0) is 25.5. The first-order chi connectivity index (χ1) is 17.4. The summed E-state index contributed by atoms with van der Waals surface area (Å²) in [6.07, 6.45) is 3.60. The van der Waals surface area contributed by atoms with E-state index < -0.39 is 11.2 Å². The number of nitrogens with one attached hydrogen (secondary N) is 2. The van der Waals surface area contributed by atoms with Crippen LogP contribution in [0.1, 0.15) is 24.0 Å². The molecular weight excluding hydrogens is 456 g/mol. The first-order valence-corrected chi connectivity index (χ1v) is 12.1. The van der Waals surface area contributed by atoms with E-state index in [9.17, 15) is 14.7 Å². The number of aliphatic hydroxyl groups is 1. The Morgan fingerprint density at radius 3 is 2.39 bits per heavy atom. The normalized spacial score (nSPS) is 15.8. The van der Waals surface area contributed by atoms with E-state index in [0.717, 1.165) is 17.5 Å². The lowest BCUT2D eigenvalue weighted by molar-refractivity contribution is -0.139. The molecule has 1 aliphatic rings. The van der Waals surface area contributed by atoms with Gasteiger partial charge in [0.2, 0.25) is 5.91 Å². The summed E-state index contributed by atoms with van der Waals surface area (Å²) < 4.78 is 1.34. The van der Waals surface area contributed by atoms with E-state index in [1.807, 2.05) is 60.7 Å². The molecule has 5 N–H and O–H groups in total. The van der Waals surface area contributed by atoms with Crippen LogP contribution in [0.2, 0.25) is 0 Å². The predicted molar refractivity (Wildman–Crippen MR) is 140 cm³/mol. The Hall–Kier alpha value is -3.82. The minimum absolute atomic E-state index is 0.00957. The Labute approximate surface area is 210 Å². The van der Waals surface area contributed by atoms with Crippen LogP contribution in [0.4, 0.5) is 11.5 Å². The highest BCUT2D eigenvalue weighted by atomic mass is 16.3. The van der Waals surface area contributed by atoms with Gasteiger partial charge in [0.25, 0.3) is 5.56 Å². The van der Waals surface area contributed by atoms with Crippen LogP contribution in [0.5, 0.6) is 0 Å². The van der Waals surface area contributed by atoms with Gasteiger partial charge >= 0.3 is 0 Å². The molecule has 1 saturated heterocycles. The third-order valence-corrected chi connectivity index (χ3v) is 6.68. The molecule has 1 aliphatic heterocycles. The lowest BCUT2D eigenvalue weighted by atomic mass is 9.89. The van der Waals surface area contributed by atoms with Crippen molar-refractivity contribution in [2.24, 2.45) is 11.7 Å². The largest absolute Gasteiger partial charge is 0.388 e. The first kappa shape index (κ1) is 25.3. The van der Waals surface area contributed by atoms with Crippen molar-refractivity contribution in [2.45, 2.75) is 31.4 Å². The molecule has 0 unspecified atom stereocenters. The molecule has 2 heterocycles. The van der Waals surface area contributed by atoms with Gasteiger partial charge in [-0.2, -0.15) is 0 Å². The van der Waals surface area contributed by atoms with Crippen molar-refractivity contribution in [3.8, 4) is 0 Å². The minimum Gasteiger partial charge on any atom is -0.388 e. The second-order valence-electron chi connectivity index (χ2n) is 9.25. The van der Waals surface area contributed by atoms with E-state index in [1.54, 1.807) is 4.90 Å². The fraction of sp³-hybridized carbons (Fsp3) is 0.333. The Bertz CT molecular complexity index is 1240. The maximum atomic E-state index is 13.1. The number of nitrogens with zero attached hydrogens (tertiary/aromatic N) is 3. The maximum absolute atomic E-state index is 13.1. The highest BCUT2D eigenvalue weighted by Gasteiger charge is 2.36. The highest BCUT2D eigenvalue weighted by molar-refractivity contribution is 5.85. The van der Waals surface area contributed by atoms with Gasteiger partial charge in [-0.1, -0.05) is 48.5 Å². The maximum Gasteiger partial charge on any atom is 0.264 e. The van der Waals surface area contributed by atoms with Crippen molar-refractivity contribution < 1.29 is 9.90 Å². The van der Waals surface area contributed by atoms with Crippen molar-refractivity contribution in [1.82, 2.24) is 14.5 Å². The summed E-state index contributed by atoms with van der Waals surface area (Å²) in [6, 6.07) is 19.1. The summed E-state index contributed by atoms with van der Waals surface area (Å²) in [5, 5.41) is 22.0. The summed E-state index contributed by atoms with van der Waals surface area (Å²) >= 11 is 0. The Morgan fingerprint density at radius 1 is 1.14 bits per heavy atom. The van der Waals surface area contributed by atoms with Crippen LogP contribution < -0.4 is 16.6 Å². The Kier molecular flexibility index (Phi) is 7.92. The second-order valence-corrected chi connectivity index (χ2v) is 9.25. The van der Waals surface area contributed by atoms with Gasteiger partial charge in [-0.3, -0.25) is 14.2 Å². The number of hydrogen-bond acceptors (Lipinski definition) is 7. The summed E-state index contributed by atoms with van der Waals surface area (Å²) in [5.74, 6) is -0.0361. The van der Waals surface area contributed by atoms with E-state index in [4.69, 9.17) is 11.1 Å². The van der Waals surface area contributed by atoms with E-state index in [1.165, 1.54) is 10.9 Å². The number of likely N-dealkylation sites (tertiary alicyclic amines) is 1. The van der Waals surface area contributed by atoms with Crippen LogP contribution in [-0.2, 0) is 17.8 Å². The first-order valence-electron chi connectivity index (χ1n) is 12.1. The molecule has 4 rings (SSSR count). The monoisotopic (exact) mass is 488 g/mol. The van der Waals surface area contributed by atoms with E-state index in [0.29, 0.717) is 32.4 Å². The van der Waals surface area contributed by atoms with Gasteiger partial charge in [-0.05, 0) is 37.0 Å². The van der Waals surface area contributed by atoms with Crippen LogP contribution in [0.25, 0.3) is 0 Å². The number of para-hydroxylation sites is 1. The predicted octanol–water partition coefficient (Wildman–Crippen LogP) is 2.16. The molecule has 1 fully saturated rings. The number of aromatic nitrogens is 2. The molecule has 2 aromatic carbocycles. The van der Waals surface area contributed by atoms with Crippen molar-refractivity contribution >= 4 is 23.6 Å². The topological polar surface area (TPSA) is 137 Å². The zero-order valence-electron chi connectivity index (χ0n) is 20.1. The quantitative estimate of drug-likeness (QED) is 0.341. The molecule has 0 aliphatic carbocycles. The molecule has 0 radical (unpaired) electrons. The van der Waals surface area contributed by atoms with Crippen molar-refractivity contribution in [1.29, 1.82) is 5.41 Å². The van der Waals surface area contributed by atoms with Crippen LogP contribution in [-0.4, -0.2) is 56.9 Å². The molecule has 0 bridgehead atoms. The molecule has 0 saturated carbocycles. The van der Waals surface area contributed by atoms with Gasteiger partial charge in [0, 0.05) is 31.5 Å². The van der Waals surface area contributed by atoms with Crippen LogP contribution >= 0.6 is 0 Å². The second kappa shape index (κ2) is 11.3. The highest BCUT2D eigenvalue weighted by Crippen LogP contribution is 2.26. The zero-order valence-corrected chi connectivity index (χ0v) is 20.1. The number of amides is 1. The molecule has 1 atom stereocenters. The standard InChI is InChI=1S/C27H32N6O3/c28-16-21(15-20-7-3-1-4-8-20)25(34)32-13-11-27(36,12-14-32)18-33-19-30-24(23(17-29)26(33)35)31-22-9-5-2-6-10-22/h1-10,17,19,21,29,31,36H,11-16,18,28H2/t21-/m0/s1. The molecule has 1 amide bonds. The van der Waals surface area contributed by atoms with Gasteiger partial charge in [-0.15, -0.1) is 0 Å². The van der Waals surface area contributed by atoms with Crippen LogP contribution in [0.15, 0.2) is 71.8 Å². The third-order valence-electron chi connectivity index (χ3n) is 6.68. The number of rotatable bonds is 9. The van der Waals surface area contributed by atoms with Gasteiger partial charge in [0.15, 0.2) is 0 Å². The third kappa shape index (κ3) is 5.87. The number of benzene rings is 2. The van der Waals surface area contributed by atoms with Crippen molar-refractivity contribution in [2.75, 3.05) is 25.0 Å². The van der Waals surface area contributed by atoms with Gasteiger partial charge in [-0.25, -0.2) is 4.98 Å². The summed E-state index contributed by atoms with van der Waals surface area (Å²) in [4.78, 5) is 32.2. The lowest BCUT2D eigenvalue weighted by Crippen LogP contribution is -2.51. The number of anilines is 2. The van der Waals surface area contributed by atoms with Gasteiger partial charge in [0.05, 0.1) is 24.4 Å². The molecule has 3 aromatic rings. The fourth-order valence-corrected chi connectivity index (χ4v) is 4.55. The van der Waals surface area contributed by atoms with Crippen molar-refractivity contribution in [3.63, 3.8) is 0 Å². The minimum atomic E-state index is -1.16. The fourth-order valence-electron chi connectivity index (χ4n) is 4.55. The summed E-state index contributed by atoms with van der Waals surface area (Å²) in [5.41, 5.74) is 6.29. The number of carbonyl (C=O) groups excluding carboxylic acids is 1. The van der Waals surface area contributed by atoms with Gasteiger partial charge < -0.3 is 26.5 Å². The molecule has 9 nitrogen and oxygen atoms in total.